The van der Waals surface area contributed by atoms with Crippen molar-refractivity contribution in [2.24, 2.45) is 0 Å². The fourth-order valence-corrected chi connectivity index (χ4v) is 3.03. The van der Waals surface area contributed by atoms with Crippen LogP contribution in [0.2, 0.25) is 0 Å². The van der Waals surface area contributed by atoms with Crippen LogP contribution < -0.4 is 10.1 Å². The molecular formula is C18H15BrN4O. The lowest BCUT2D eigenvalue weighted by atomic mass is 10.0. The Morgan fingerprint density at radius 2 is 1.83 bits per heavy atom. The SMILES string of the molecule is COc1ccc([C@H]2C=C(c3ccc(Br)cc3)Nc3ncnn32)cc1. The number of allylic oxidation sites excluding steroid dienone is 1. The molecule has 120 valence electrons. The average Bonchev–Trinajstić information content (AvgIpc) is 3.10. The molecule has 0 spiro atoms. The van der Waals surface area contributed by atoms with Crippen LogP contribution in [0.1, 0.15) is 17.2 Å². The number of rotatable bonds is 3. The number of fused-ring (bicyclic) bond motifs is 1. The molecule has 2 aromatic carbocycles. The summed E-state index contributed by atoms with van der Waals surface area (Å²) in [4.78, 5) is 4.33. The second-order valence-electron chi connectivity index (χ2n) is 5.46. The summed E-state index contributed by atoms with van der Waals surface area (Å²) in [5, 5.41) is 7.70. The van der Waals surface area contributed by atoms with Crippen LogP contribution in [0.5, 0.6) is 5.75 Å². The minimum Gasteiger partial charge on any atom is -0.497 e. The molecule has 0 aliphatic carbocycles. The molecule has 6 heteroatoms. The number of hydrogen-bond acceptors (Lipinski definition) is 4. The zero-order valence-corrected chi connectivity index (χ0v) is 14.6. The number of methoxy groups -OCH3 is 1. The summed E-state index contributed by atoms with van der Waals surface area (Å²) in [6.45, 7) is 0. The van der Waals surface area contributed by atoms with Gasteiger partial charge in [0, 0.05) is 10.2 Å². The predicted octanol–water partition coefficient (Wildman–Crippen LogP) is 4.11. The normalized spacial score (nSPS) is 16.1. The van der Waals surface area contributed by atoms with Gasteiger partial charge in [-0.25, -0.2) is 4.68 Å². The van der Waals surface area contributed by atoms with E-state index in [2.05, 4.69) is 61.7 Å². The van der Waals surface area contributed by atoms with E-state index in [4.69, 9.17) is 4.74 Å². The Balaban J connectivity index is 1.77. The molecule has 0 saturated heterocycles. The Morgan fingerprint density at radius 3 is 2.54 bits per heavy atom. The maximum absolute atomic E-state index is 5.25. The lowest BCUT2D eigenvalue weighted by Crippen LogP contribution is -2.20. The fraction of sp³-hybridized carbons (Fsp3) is 0.111. The first-order chi connectivity index (χ1) is 11.7. The third-order valence-electron chi connectivity index (χ3n) is 4.02. The van der Waals surface area contributed by atoms with E-state index >= 15 is 0 Å². The van der Waals surface area contributed by atoms with Gasteiger partial charge in [0.25, 0.3) is 0 Å². The zero-order valence-electron chi connectivity index (χ0n) is 13.0. The van der Waals surface area contributed by atoms with Crippen molar-refractivity contribution in [3.8, 4) is 5.75 Å². The smallest absolute Gasteiger partial charge is 0.226 e. The first-order valence-corrected chi connectivity index (χ1v) is 8.32. The average molecular weight is 383 g/mol. The van der Waals surface area contributed by atoms with Gasteiger partial charge in [0.15, 0.2) is 0 Å². The first kappa shape index (κ1) is 15.0. The Kier molecular flexibility index (Phi) is 3.82. The molecule has 1 aliphatic rings. The molecule has 0 saturated carbocycles. The molecule has 1 aliphatic heterocycles. The largest absolute Gasteiger partial charge is 0.497 e. The zero-order chi connectivity index (χ0) is 16.5. The van der Waals surface area contributed by atoms with Crippen LogP contribution >= 0.6 is 15.9 Å². The lowest BCUT2D eigenvalue weighted by Gasteiger charge is -2.24. The van der Waals surface area contributed by atoms with Gasteiger partial charge in [-0.15, -0.1) is 0 Å². The van der Waals surface area contributed by atoms with Crippen LogP contribution in [-0.4, -0.2) is 21.9 Å². The third kappa shape index (κ3) is 2.69. The standard InChI is InChI=1S/C18H15BrN4O/c1-24-15-8-4-13(5-9-15)17-10-16(12-2-6-14(19)7-3-12)22-18-20-11-21-23(17)18/h2-11,17H,1H3,(H,20,21,22)/t17-/m1/s1. The highest BCUT2D eigenvalue weighted by atomic mass is 79.9. The number of ether oxygens (including phenoxy) is 1. The molecule has 1 N–H and O–H groups in total. The fourth-order valence-electron chi connectivity index (χ4n) is 2.77. The van der Waals surface area contributed by atoms with Crippen molar-refractivity contribution in [1.29, 1.82) is 0 Å². The molecule has 0 unspecified atom stereocenters. The van der Waals surface area contributed by atoms with E-state index in [-0.39, 0.29) is 6.04 Å². The van der Waals surface area contributed by atoms with Gasteiger partial charge in [0.05, 0.1) is 7.11 Å². The molecule has 2 heterocycles. The Hall–Kier alpha value is -2.60. The second-order valence-corrected chi connectivity index (χ2v) is 6.37. The van der Waals surface area contributed by atoms with Crippen LogP contribution in [-0.2, 0) is 0 Å². The van der Waals surface area contributed by atoms with E-state index in [9.17, 15) is 0 Å². The molecule has 4 rings (SSSR count). The minimum atomic E-state index is -0.0201. The maximum atomic E-state index is 5.25. The summed E-state index contributed by atoms with van der Waals surface area (Å²) in [5.74, 6) is 1.57. The number of hydrogen-bond donors (Lipinski definition) is 1. The van der Waals surface area contributed by atoms with Gasteiger partial charge >= 0.3 is 0 Å². The number of nitrogens with one attached hydrogen (secondary N) is 1. The summed E-state index contributed by atoms with van der Waals surface area (Å²) >= 11 is 3.47. The molecular weight excluding hydrogens is 368 g/mol. The number of benzene rings is 2. The molecule has 5 nitrogen and oxygen atoms in total. The van der Waals surface area contributed by atoms with E-state index in [1.54, 1.807) is 13.4 Å². The van der Waals surface area contributed by atoms with Gasteiger partial charge in [0.1, 0.15) is 18.1 Å². The quantitative estimate of drug-likeness (QED) is 0.740. The van der Waals surface area contributed by atoms with E-state index in [1.165, 1.54) is 0 Å². The summed E-state index contributed by atoms with van der Waals surface area (Å²) in [6.07, 6.45) is 3.73. The number of aromatic nitrogens is 3. The molecule has 24 heavy (non-hydrogen) atoms. The Labute approximate surface area is 148 Å². The van der Waals surface area contributed by atoms with Crippen molar-refractivity contribution in [1.82, 2.24) is 14.8 Å². The predicted molar refractivity (Wildman–Crippen MR) is 96.9 cm³/mol. The third-order valence-corrected chi connectivity index (χ3v) is 4.55. The Bertz CT molecular complexity index is 884. The van der Waals surface area contributed by atoms with Gasteiger partial charge in [-0.1, -0.05) is 40.2 Å². The second kappa shape index (κ2) is 6.13. The van der Waals surface area contributed by atoms with Gasteiger partial charge in [0.2, 0.25) is 5.95 Å². The van der Waals surface area contributed by atoms with Crippen LogP contribution in [0.15, 0.2) is 65.4 Å². The van der Waals surface area contributed by atoms with E-state index in [0.29, 0.717) is 0 Å². The van der Waals surface area contributed by atoms with Gasteiger partial charge in [-0.2, -0.15) is 10.1 Å². The molecule has 1 aromatic heterocycles. The molecule has 0 bridgehead atoms. The summed E-state index contributed by atoms with van der Waals surface area (Å²) in [5.41, 5.74) is 3.24. The number of anilines is 1. The number of nitrogens with zero attached hydrogens (tertiary/aromatic N) is 3. The summed E-state index contributed by atoms with van der Waals surface area (Å²) < 4.78 is 8.18. The van der Waals surface area contributed by atoms with Gasteiger partial charge < -0.3 is 10.1 Å². The highest BCUT2D eigenvalue weighted by Crippen LogP contribution is 2.32. The lowest BCUT2D eigenvalue weighted by molar-refractivity contribution is 0.414. The van der Waals surface area contributed by atoms with E-state index in [1.807, 2.05) is 28.9 Å². The van der Waals surface area contributed by atoms with E-state index < -0.39 is 0 Å². The molecule has 0 amide bonds. The minimum absolute atomic E-state index is 0.0201. The van der Waals surface area contributed by atoms with Crippen LogP contribution in [0.25, 0.3) is 5.70 Å². The first-order valence-electron chi connectivity index (χ1n) is 7.53. The highest BCUT2D eigenvalue weighted by Gasteiger charge is 2.23. The Morgan fingerprint density at radius 1 is 1.08 bits per heavy atom. The monoisotopic (exact) mass is 382 g/mol. The van der Waals surface area contributed by atoms with Crippen molar-refractivity contribution < 1.29 is 4.74 Å². The van der Waals surface area contributed by atoms with Crippen LogP contribution in [0.4, 0.5) is 5.95 Å². The molecule has 1 atom stereocenters. The van der Waals surface area contributed by atoms with Crippen LogP contribution in [0, 0.1) is 0 Å². The number of halogens is 1. The van der Waals surface area contributed by atoms with E-state index in [0.717, 1.165) is 33.0 Å². The maximum Gasteiger partial charge on any atom is 0.226 e. The molecule has 3 aromatic rings. The van der Waals surface area contributed by atoms with Gasteiger partial charge in [-0.3, -0.25) is 0 Å². The summed E-state index contributed by atoms with van der Waals surface area (Å²) in [7, 11) is 1.67. The summed E-state index contributed by atoms with van der Waals surface area (Å²) in [6, 6.07) is 16.2. The van der Waals surface area contributed by atoms with Crippen LogP contribution in [0.3, 0.4) is 0 Å². The topological polar surface area (TPSA) is 52.0 Å². The molecule has 0 fully saturated rings. The van der Waals surface area contributed by atoms with Crippen molar-refractivity contribution in [3.63, 3.8) is 0 Å². The van der Waals surface area contributed by atoms with Crippen molar-refractivity contribution in [3.05, 3.63) is 76.5 Å². The van der Waals surface area contributed by atoms with Crippen molar-refractivity contribution in [2.75, 3.05) is 12.4 Å². The van der Waals surface area contributed by atoms with Crippen molar-refractivity contribution >= 4 is 27.6 Å². The highest BCUT2D eigenvalue weighted by molar-refractivity contribution is 9.10. The van der Waals surface area contributed by atoms with Crippen molar-refractivity contribution in [2.45, 2.75) is 6.04 Å². The molecule has 0 radical (unpaired) electrons. The van der Waals surface area contributed by atoms with Gasteiger partial charge in [-0.05, 0) is 41.5 Å².